The first-order valence-corrected chi connectivity index (χ1v) is 14.3. The highest BCUT2D eigenvalue weighted by Gasteiger charge is 2.48. The number of carbonyl (C=O) groups excluding carboxylic acids is 4. The zero-order valence-corrected chi connectivity index (χ0v) is 24.8. The van der Waals surface area contributed by atoms with E-state index in [4.69, 9.17) is 10.5 Å². The van der Waals surface area contributed by atoms with Crippen LogP contribution in [0.25, 0.3) is 10.8 Å². The van der Waals surface area contributed by atoms with E-state index in [-0.39, 0.29) is 30.7 Å². The third-order valence-corrected chi connectivity index (χ3v) is 7.25. The predicted molar refractivity (Wildman–Crippen MR) is 162 cm³/mol. The maximum absolute atomic E-state index is 14.3. The molecule has 4 atom stereocenters. The van der Waals surface area contributed by atoms with Gasteiger partial charge in [-0.25, -0.2) is 4.79 Å². The van der Waals surface area contributed by atoms with Crippen molar-refractivity contribution in [1.29, 1.82) is 0 Å². The number of rotatable bonds is 10. The minimum atomic E-state index is -1.12. The number of ether oxygens (including phenoxy) is 1. The lowest BCUT2D eigenvalue weighted by Gasteiger charge is -2.35. The number of carbonyl (C=O) groups is 4. The van der Waals surface area contributed by atoms with Crippen LogP contribution in [-0.2, 0) is 19.1 Å². The Labute approximate surface area is 246 Å². The van der Waals surface area contributed by atoms with Crippen molar-refractivity contribution in [3.63, 3.8) is 0 Å². The summed E-state index contributed by atoms with van der Waals surface area (Å²) >= 11 is 0. The van der Waals surface area contributed by atoms with Crippen molar-refractivity contribution >= 4 is 40.3 Å². The van der Waals surface area contributed by atoms with E-state index in [1.54, 1.807) is 25.7 Å². The van der Waals surface area contributed by atoms with E-state index in [1.807, 2.05) is 80.6 Å². The first-order chi connectivity index (χ1) is 19.8. The standard InChI is InChI=1S/C33H40N4O5/c1-20-9-8-12-24(17-20)29(30(39)35-25-14-13-22-10-6-7-11-23(22)19-25)37(27-18-21(27)2)31(40)26(15-16-28(34)38)36-32(41)42-33(3,4)5/h6-14,17,19,21,26-27,29H,15-16,18H2,1-5H3,(H2,34,38)(H,35,39)(H,36,41). The molecule has 4 amide bonds. The average molecular weight is 573 g/mol. The zero-order chi connectivity index (χ0) is 30.6. The number of hydrogen-bond donors (Lipinski definition) is 3. The fourth-order valence-electron chi connectivity index (χ4n) is 5.10. The lowest BCUT2D eigenvalue weighted by Crippen LogP contribution is -2.53. The fourth-order valence-corrected chi connectivity index (χ4v) is 5.10. The second-order valence-corrected chi connectivity index (χ2v) is 12.1. The lowest BCUT2D eigenvalue weighted by atomic mass is 9.99. The Hall–Kier alpha value is -4.40. The number of hydrogen-bond acceptors (Lipinski definition) is 5. The monoisotopic (exact) mass is 572 g/mol. The van der Waals surface area contributed by atoms with Gasteiger partial charge in [-0.2, -0.15) is 0 Å². The minimum Gasteiger partial charge on any atom is -0.444 e. The van der Waals surface area contributed by atoms with E-state index < -0.39 is 35.6 Å². The van der Waals surface area contributed by atoms with Crippen molar-refractivity contribution in [1.82, 2.24) is 10.2 Å². The van der Waals surface area contributed by atoms with Crippen LogP contribution in [0, 0.1) is 12.8 Å². The van der Waals surface area contributed by atoms with E-state index in [0.717, 1.165) is 16.3 Å². The van der Waals surface area contributed by atoms with E-state index in [9.17, 15) is 19.2 Å². The quantitative estimate of drug-likeness (QED) is 0.306. The summed E-state index contributed by atoms with van der Waals surface area (Å²) in [5.74, 6) is -1.31. The maximum Gasteiger partial charge on any atom is 0.408 e. The van der Waals surface area contributed by atoms with Crippen LogP contribution in [0.5, 0.6) is 0 Å². The number of nitrogens with two attached hydrogens (primary N) is 1. The molecule has 0 bridgehead atoms. The molecular weight excluding hydrogens is 532 g/mol. The molecule has 1 fully saturated rings. The van der Waals surface area contributed by atoms with E-state index in [1.165, 1.54) is 0 Å². The van der Waals surface area contributed by atoms with Gasteiger partial charge in [-0.15, -0.1) is 0 Å². The zero-order valence-electron chi connectivity index (χ0n) is 24.8. The van der Waals surface area contributed by atoms with Crippen molar-refractivity contribution in [3.05, 3.63) is 77.9 Å². The largest absolute Gasteiger partial charge is 0.444 e. The molecule has 222 valence electrons. The van der Waals surface area contributed by atoms with Crippen molar-refractivity contribution in [2.24, 2.45) is 11.7 Å². The topological polar surface area (TPSA) is 131 Å². The van der Waals surface area contributed by atoms with Gasteiger partial charge in [0.05, 0.1) is 0 Å². The van der Waals surface area contributed by atoms with Crippen LogP contribution in [0.4, 0.5) is 10.5 Å². The molecule has 0 aromatic heterocycles. The smallest absolute Gasteiger partial charge is 0.408 e. The molecule has 1 aliphatic rings. The van der Waals surface area contributed by atoms with Crippen LogP contribution in [-0.4, -0.2) is 46.4 Å². The summed E-state index contributed by atoms with van der Waals surface area (Å²) in [5.41, 5.74) is 6.80. The highest BCUT2D eigenvalue weighted by Crippen LogP contribution is 2.41. The molecule has 0 heterocycles. The number of primary amides is 1. The summed E-state index contributed by atoms with van der Waals surface area (Å²) in [7, 11) is 0. The Balaban J connectivity index is 1.72. The van der Waals surface area contributed by atoms with Crippen LogP contribution in [0.15, 0.2) is 66.7 Å². The summed E-state index contributed by atoms with van der Waals surface area (Å²) in [6.07, 6.45) is -0.246. The van der Waals surface area contributed by atoms with E-state index >= 15 is 0 Å². The summed E-state index contributed by atoms with van der Waals surface area (Å²) in [4.78, 5) is 54.5. The molecule has 4 rings (SSSR count). The van der Waals surface area contributed by atoms with Gasteiger partial charge in [0.2, 0.25) is 11.8 Å². The number of nitrogens with zero attached hydrogens (tertiary/aromatic N) is 1. The molecule has 0 radical (unpaired) electrons. The highest BCUT2D eigenvalue weighted by atomic mass is 16.6. The minimum absolute atomic E-state index is 0.0299. The normalized spacial score (nSPS) is 17.5. The first kappa shape index (κ1) is 30.6. The van der Waals surface area contributed by atoms with Gasteiger partial charge in [0.25, 0.3) is 5.91 Å². The van der Waals surface area contributed by atoms with Crippen LogP contribution >= 0.6 is 0 Å². The molecule has 42 heavy (non-hydrogen) atoms. The number of nitrogens with one attached hydrogen (secondary N) is 2. The van der Waals surface area contributed by atoms with Gasteiger partial charge in [0, 0.05) is 18.2 Å². The third kappa shape index (κ3) is 7.87. The third-order valence-electron chi connectivity index (χ3n) is 7.25. The van der Waals surface area contributed by atoms with Crippen LogP contribution in [0.2, 0.25) is 0 Å². The van der Waals surface area contributed by atoms with Gasteiger partial charge in [0.15, 0.2) is 0 Å². The molecule has 3 aromatic carbocycles. The molecule has 0 aliphatic heterocycles. The molecule has 1 aliphatic carbocycles. The number of fused-ring (bicyclic) bond motifs is 1. The molecule has 9 nitrogen and oxygen atoms in total. The van der Waals surface area contributed by atoms with Gasteiger partial charge >= 0.3 is 6.09 Å². The van der Waals surface area contributed by atoms with Gasteiger partial charge in [0.1, 0.15) is 17.7 Å². The van der Waals surface area contributed by atoms with Crippen LogP contribution in [0.1, 0.15) is 64.1 Å². The van der Waals surface area contributed by atoms with Gasteiger partial charge < -0.3 is 26.0 Å². The molecule has 4 unspecified atom stereocenters. The molecule has 9 heteroatoms. The molecular formula is C33H40N4O5. The van der Waals surface area contributed by atoms with Crippen molar-refractivity contribution < 1.29 is 23.9 Å². The summed E-state index contributed by atoms with van der Waals surface area (Å²) in [6, 6.07) is 18.6. The Bertz CT molecular complexity index is 1480. The molecule has 0 spiro atoms. The number of anilines is 1. The summed E-state index contributed by atoms with van der Waals surface area (Å²) < 4.78 is 5.41. The first-order valence-electron chi connectivity index (χ1n) is 14.3. The second-order valence-electron chi connectivity index (χ2n) is 12.1. The number of aryl methyl sites for hydroxylation is 1. The summed E-state index contributed by atoms with van der Waals surface area (Å²) in [6.45, 7) is 9.09. The predicted octanol–water partition coefficient (Wildman–Crippen LogP) is 5.22. The Kier molecular flexibility index (Phi) is 9.19. The van der Waals surface area contributed by atoms with E-state index in [0.29, 0.717) is 17.7 Å². The van der Waals surface area contributed by atoms with Gasteiger partial charge in [-0.05, 0) is 74.9 Å². The lowest BCUT2D eigenvalue weighted by molar-refractivity contribution is -0.142. The number of benzene rings is 3. The molecule has 4 N–H and O–H groups in total. The van der Waals surface area contributed by atoms with Crippen LogP contribution in [0.3, 0.4) is 0 Å². The van der Waals surface area contributed by atoms with Crippen molar-refractivity contribution in [3.8, 4) is 0 Å². The highest BCUT2D eigenvalue weighted by molar-refractivity contribution is 6.00. The molecule has 1 saturated carbocycles. The Morgan fingerprint density at radius 1 is 1.00 bits per heavy atom. The SMILES string of the molecule is Cc1cccc(C(C(=O)Nc2ccc3ccccc3c2)N(C(=O)C(CCC(N)=O)NC(=O)OC(C)(C)C)C2CC2C)c1. The molecule has 0 saturated heterocycles. The second kappa shape index (κ2) is 12.6. The molecule has 3 aromatic rings. The Morgan fingerprint density at radius 3 is 2.31 bits per heavy atom. The number of amides is 4. The van der Waals surface area contributed by atoms with Gasteiger partial charge in [-0.3, -0.25) is 14.4 Å². The van der Waals surface area contributed by atoms with Gasteiger partial charge in [-0.1, -0.05) is 67.1 Å². The average Bonchev–Trinajstić information content (AvgIpc) is 3.63. The van der Waals surface area contributed by atoms with E-state index in [2.05, 4.69) is 10.6 Å². The number of alkyl carbamates (subject to hydrolysis) is 1. The van der Waals surface area contributed by atoms with Crippen molar-refractivity contribution in [2.45, 2.75) is 77.6 Å². The maximum atomic E-state index is 14.3. The van der Waals surface area contributed by atoms with Crippen molar-refractivity contribution in [2.75, 3.05) is 5.32 Å². The fraction of sp³-hybridized carbons (Fsp3) is 0.394. The summed E-state index contributed by atoms with van der Waals surface area (Å²) in [5, 5.41) is 7.68. The van der Waals surface area contributed by atoms with Crippen LogP contribution < -0.4 is 16.4 Å². The Morgan fingerprint density at radius 2 is 1.69 bits per heavy atom.